The normalized spacial score (nSPS) is 17.3. The Balaban J connectivity index is 1.90. The molecule has 1 aromatic rings. The van der Waals surface area contributed by atoms with Gasteiger partial charge in [-0.05, 0) is 31.2 Å². The molecule has 0 saturated carbocycles. The van der Waals surface area contributed by atoms with E-state index in [-0.39, 0.29) is 6.42 Å². The predicted octanol–water partition coefficient (Wildman–Crippen LogP) is -0.0621. The summed E-state index contributed by atoms with van der Waals surface area (Å²) in [5, 5.41) is 10.5. The van der Waals surface area contributed by atoms with Crippen LogP contribution >= 0.6 is 0 Å². The molecule has 0 amide bonds. The number of carboxylic acids is 1. The van der Waals surface area contributed by atoms with Crippen molar-refractivity contribution in [2.24, 2.45) is 0 Å². The van der Waals surface area contributed by atoms with Crippen LogP contribution in [0.2, 0.25) is 0 Å². The number of rotatable bonds is 4. The SMILES string of the molecule is O=C([O-])Cc1ccc(C[NH+]2CCCCCC2)cc1. The summed E-state index contributed by atoms with van der Waals surface area (Å²) in [6, 6.07) is 7.91. The van der Waals surface area contributed by atoms with Crippen molar-refractivity contribution in [3.05, 3.63) is 35.4 Å². The third kappa shape index (κ3) is 4.15. The van der Waals surface area contributed by atoms with Crippen molar-refractivity contribution in [1.82, 2.24) is 0 Å². The van der Waals surface area contributed by atoms with Crippen molar-refractivity contribution in [2.75, 3.05) is 13.1 Å². The molecule has 0 aliphatic carbocycles. The highest BCUT2D eigenvalue weighted by atomic mass is 16.4. The quantitative estimate of drug-likeness (QED) is 0.810. The Morgan fingerprint density at radius 2 is 1.56 bits per heavy atom. The zero-order chi connectivity index (χ0) is 12.8. The van der Waals surface area contributed by atoms with E-state index in [0.717, 1.165) is 12.1 Å². The van der Waals surface area contributed by atoms with Crippen LogP contribution in [0, 0.1) is 0 Å². The van der Waals surface area contributed by atoms with Crippen molar-refractivity contribution in [1.29, 1.82) is 0 Å². The number of carbonyl (C=O) groups is 1. The van der Waals surface area contributed by atoms with E-state index in [1.807, 2.05) is 12.1 Å². The van der Waals surface area contributed by atoms with Crippen LogP contribution in [-0.4, -0.2) is 19.1 Å². The van der Waals surface area contributed by atoms with Gasteiger partial charge in [0.15, 0.2) is 0 Å². The van der Waals surface area contributed by atoms with Crippen LogP contribution in [0.5, 0.6) is 0 Å². The topological polar surface area (TPSA) is 44.6 Å². The van der Waals surface area contributed by atoms with Gasteiger partial charge in [0.2, 0.25) is 0 Å². The minimum atomic E-state index is -1.01. The molecule has 1 heterocycles. The lowest BCUT2D eigenvalue weighted by atomic mass is 10.1. The number of likely N-dealkylation sites (tertiary alicyclic amines) is 1. The molecule has 18 heavy (non-hydrogen) atoms. The molecular weight excluding hydrogens is 226 g/mol. The molecule has 1 N–H and O–H groups in total. The number of nitrogens with one attached hydrogen (secondary N) is 1. The first kappa shape index (κ1) is 13.1. The molecule has 1 fully saturated rings. The second-order valence-electron chi connectivity index (χ2n) is 5.21. The zero-order valence-corrected chi connectivity index (χ0v) is 10.8. The van der Waals surface area contributed by atoms with Crippen LogP contribution in [-0.2, 0) is 17.8 Å². The monoisotopic (exact) mass is 247 g/mol. The molecule has 0 unspecified atom stereocenters. The molecule has 0 bridgehead atoms. The molecule has 3 heteroatoms. The highest BCUT2D eigenvalue weighted by Crippen LogP contribution is 2.05. The van der Waals surface area contributed by atoms with Crippen LogP contribution in [0.25, 0.3) is 0 Å². The van der Waals surface area contributed by atoms with Crippen LogP contribution < -0.4 is 10.0 Å². The number of hydrogen-bond acceptors (Lipinski definition) is 2. The first-order chi connectivity index (χ1) is 8.74. The fraction of sp³-hybridized carbons (Fsp3) is 0.533. The Bertz CT molecular complexity index is 378. The number of hydrogen-bond donors (Lipinski definition) is 1. The molecule has 1 saturated heterocycles. The molecule has 0 spiro atoms. The molecule has 1 aliphatic heterocycles. The highest BCUT2D eigenvalue weighted by Gasteiger charge is 2.12. The van der Waals surface area contributed by atoms with Crippen LogP contribution in [0.1, 0.15) is 36.8 Å². The largest absolute Gasteiger partial charge is 0.550 e. The van der Waals surface area contributed by atoms with E-state index in [0.29, 0.717) is 0 Å². The van der Waals surface area contributed by atoms with Gasteiger partial charge in [0.25, 0.3) is 0 Å². The van der Waals surface area contributed by atoms with Gasteiger partial charge < -0.3 is 14.8 Å². The zero-order valence-electron chi connectivity index (χ0n) is 10.8. The summed E-state index contributed by atoms with van der Waals surface area (Å²) in [7, 11) is 0. The second-order valence-corrected chi connectivity index (χ2v) is 5.21. The fourth-order valence-electron chi connectivity index (χ4n) is 2.64. The maximum atomic E-state index is 10.5. The molecule has 0 atom stereocenters. The van der Waals surface area contributed by atoms with Gasteiger partial charge in [-0.15, -0.1) is 0 Å². The van der Waals surface area contributed by atoms with E-state index in [4.69, 9.17) is 0 Å². The Kier molecular flexibility index (Phi) is 4.76. The summed E-state index contributed by atoms with van der Waals surface area (Å²) in [6.45, 7) is 3.59. The average Bonchev–Trinajstić information content (AvgIpc) is 2.60. The summed E-state index contributed by atoms with van der Waals surface area (Å²) in [6.07, 6.45) is 5.41. The summed E-state index contributed by atoms with van der Waals surface area (Å²) in [4.78, 5) is 12.1. The number of benzene rings is 1. The molecule has 1 aromatic carbocycles. The van der Waals surface area contributed by atoms with E-state index < -0.39 is 5.97 Å². The summed E-state index contributed by atoms with van der Waals surface area (Å²) >= 11 is 0. The first-order valence-electron chi connectivity index (χ1n) is 6.85. The maximum Gasteiger partial charge on any atom is 0.103 e. The lowest BCUT2D eigenvalue weighted by Crippen LogP contribution is -3.10. The number of aliphatic carboxylic acids is 1. The average molecular weight is 247 g/mol. The Labute approximate surface area is 108 Å². The Morgan fingerprint density at radius 1 is 1.00 bits per heavy atom. The van der Waals surface area contributed by atoms with E-state index in [2.05, 4.69) is 12.1 Å². The van der Waals surface area contributed by atoms with E-state index in [9.17, 15) is 9.90 Å². The van der Waals surface area contributed by atoms with Crippen molar-refractivity contribution < 1.29 is 14.8 Å². The van der Waals surface area contributed by atoms with Gasteiger partial charge in [0, 0.05) is 18.0 Å². The lowest BCUT2D eigenvalue weighted by molar-refractivity contribution is -0.913. The van der Waals surface area contributed by atoms with Gasteiger partial charge in [-0.2, -0.15) is 0 Å². The molecule has 0 radical (unpaired) electrons. The predicted molar refractivity (Wildman–Crippen MR) is 68.0 cm³/mol. The molecule has 0 aromatic heterocycles. The molecular formula is C15H21NO2. The van der Waals surface area contributed by atoms with Gasteiger partial charge in [0.1, 0.15) is 6.54 Å². The Morgan fingerprint density at radius 3 is 2.11 bits per heavy atom. The van der Waals surface area contributed by atoms with E-state index in [1.165, 1.54) is 44.3 Å². The number of carboxylic acid groups (broad SMARTS) is 1. The molecule has 2 rings (SSSR count). The van der Waals surface area contributed by atoms with Crippen molar-refractivity contribution >= 4 is 5.97 Å². The van der Waals surface area contributed by atoms with Gasteiger partial charge in [-0.1, -0.05) is 24.3 Å². The molecule has 3 nitrogen and oxygen atoms in total. The van der Waals surface area contributed by atoms with Gasteiger partial charge >= 0.3 is 0 Å². The maximum absolute atomic E-state index is 10.5. The van der Waals surface area contributed by atoms with E-state index >= 15 is 0 Å². The second kappa shape index (κ2) is 6.55. The van der Waals surface area contributed by atoms with Crippen LogP contribution in [0.15, 0.2) is 24.3 Å². The van der Waals surface area contributed by atoms with Gasteiger partial charge in [-0.25, -0.2) is 0 Å². The number of carbonyl (C=O) groups excluding carboxylic acids is 1. The fourth-order valence-corrected chi connectivity index (χ4v) is 2.64. The third-order valence-corrected chi connectivity index (χ3v) is 3.64. The minimum Gasteiger partial charge on any atom is -0.550 e. The number of quaternary nitrogens is 1. The van der Waals surface area contributed by atoms with Crippen molar-refractivity contribution in [3.8, 4) is 0 Å². The first-order valence-corrected chi connectivity index (χ1v) is 6.85. The molecule has 1 aliphatic rings. The minimum absolute atomic E-state index is 0.0108. The summed E-state index contributed by atoms with van der Waals surface area (Å²) in [5.74, 6) is -1.01. The molecule has 98 valence electrons. The van der Waals surface area contributed by atoms with E-state index in [1.54, 1.807) is 4.90 Å². The Hall–Kier alpha value is -1.35. The van der Waals surface area contributed by atoms with Crippen LogP contribution in [0.4, 0.5) is 0 Å². The van der Waals surface area contributed by atoms with Gasteiger partial charge in [-0.3, -0.25) is 0 Å². The lowest BCUT2D eigenvalue weighted by Gasteiger charge is -2.17. The summed E-state index contributed by atoms with van der Waals surface area (Å²) in [5.41, 5.74) is 2.12. The van der Waals surface area contributed by atoms with Crippen molar-refractivity contribution in [3.63, 3.8) is 0 Å². The third-order valence-electron chi connectivity index (χ3n) is 3.64. The smallest absolute Gasteiger partial charge is 0.103 e. The highest BCUT2D eigenvalue weighted by molar-refractivity contribution is 5.67. The van der Waals surface area contributed by atoms with Crippen molar-refractivity contribution in [2.45, 2.75) is 38.6 Å². The standard InChI is InChI=1S/C15H21NO2/c17-15(18)11-13-5-7-14(8-6-13)12-16-9-3-1-2-4-10-16/h5-8H,1-4,9-12H2,(H,17,18). The summed E-state index contributed by atoms with van der Waals surface area (Å²) < 4.78 is 0. The van der Waals surface area contributed by atoms with Gasteiger partial charge in [0.05, 0.1) is 13.1 Å². The van der Waals surface area contributed by atoms with Crippen LogP contribution in [0.3, 0.4) is 0 Å².